The summed E-state index contributed by atoms with van der Waals surface area (Å²) in [5, 5.41) is 7.32. The van der Waals surface area contributed by atoms with E-state index in [0.717, 1.165) is 11.8 Å². The largest absolute Gasteiger partial charge is 0.353 e. The lowest BCUT2D eigenvalue weighted by Gasteiger charge is -2.33. The predicted octanol–water partition coefficient (Wildman–Crippen LogP) is 2.24. The highest BCUT2D eigenvalue weighted by atomic mass is 32.2. The number of hydrogen-bond donors (Lipinski definition) is 1. The maximum absolute atomic E-state index is 12.8. The van der Waals surface area contributed by atoms with E-state index in [1.807, 2.05) is 6.92 Å². The number of nitrogens with zero attached hydrogens (tertiary/aromatic N) is 3. The van der Waals surface area contributed by atoms with Crippen molar-refractivity contribution < 1.29 is 13.2 Å². The van der Waals surface area contributed by atoms with Crippen molar-refractivity contribution >= 4 is 15.9 Å². The molecule has 3 fully saturated rings. The number of carbonyl (C=O) groups is 1. The van der Waals surface area contributed by atoms with Gasteiger partial charge in [-0.25, -0.2) is 8.42 Å². The number of rotatable bonds is 6. The first-order chi connectivity index (χ1) is 13.4. The van der Waals surface area contributed by atoms with Crippen molar-refractivity contribution in [3.8, 4) is 0 Å². The van der Waals surface area contributed by atoms with Crippen molar-refractivity contribution in [1.29, 1.82) is 0 Å². The van der Waals surface area contributed by atoms with Gasteiger partial charge in [0.25, 0.3) is 0 Å². The van der Waals surface area contributed by atoms with E-state index < -0.39 is 10.0 Å². The molecule has 2 aliphatic carbocycles. The van der Waals surface area contributed by atoms with Crippen molar-refractivity contribution in [2.24, 2.45) is 23.7 Å². The molecule has 1 aromatic heterocycles. The van der Waals surface area contributed by atoms with Crippen LogP contribution >= 0.6 is 0 Å². The Kier molecular flexibility index (Phi) is 5.53. The zero-order valence-electron chi connectivity index (χ0n) is 16.9. The van der Waals surface area contributed by atoms with E-state index in [0.29, 0.717) is 38.4 Å². The van der Waals surface area contributed by atoms with Gasteiger partial charge in [-0.05, 0) is 63.7 Å². The number of piperidine rings is 1. The molecule has 1 aliphatic heterocycles. The van der Waals surface area contributed by atoms with Gasteiger partial charge in [0.05, 0.1) is 6.20 Å². The Morgan fingerprint density at radius 2 is 2.00 bits per heavy atom. The highest BCUT2D eigenvalue weighted by Gasteiger charge is 2.42. The molecule has 4 rings (SSSR count). The Balaban J connectivity index is 1.30. The summed E-state index contributed by atoms with van der Waals surface area (Å²) >= 11 is 0. The van der Waals surface area contributed by atoms with E-state index in [-0.39, 0.29) is 22.8 Å². The number of carbonyl (C=O) groups excluding carboxylic acids is 1. The number of sulfonamides is 1. The predicted molar refractivity (Wildman–Crippen MR) is 106 cm³/mol. The molecule has 3 aliphatic rings. The number of amides is 1. The fourth-order valence-corrected chi connectivity index (χ4v) is 6.94. The Bertz CT molecular complexity index is 813. The molecule has 1 amide bonds. The maximum atomic E-state index is 12.8. The maximum Gasteiger partial charge on any atom is 0.246 e. The second-order valence-corrected chi connectivity index (χ2v) is 10.8. The molecule has 156 valence electrons. The normalized spacial score (nSPS) is 29.9. The lowest BCUT2D eigenvalue weighted by molar-refractivity contribution is -0.127. The zero-order chi connectivity index (χ0) is 19.9. The standard InChI is InChI=1S/C20H32N4O3S/c1-3-23-13-18(12-21-23)28(26,27)24-8-6-16(7-9-24)20(25)22-14(2)19-11-15-4-5-17(19)10-15/h12-17,19H,3-11H2,1-2H3,(H,22,25)/t14-,15+,17+,19+/m1/s1. The van der Waals surface area contributed by atoms with Gasteiger partial charge in [0.15, 0.2) is 0 Å². The third-order valence-corrected chi connectivity index (χ3v) is 9.05. The van der Waals surface area contributed by atoms with Crippen LogP contribution in [0.15, 0.2) is 17.3 Å². The van der Waals surface area contributed by atoms with E-state index in [4.69, 9.17) is 0 Å². The van der Waals surface area contributed by atoms with Crippen LogP contribution in [-0.4, -0.2) is 47.5 Å². The Morgan fingerprint density at radius 3 is 2.57 bits per heavy atom. The quantitative estimate of drug-likeness (QED) is 0.782. The number of aromatic nitrogens is 2. The summed E-state index contributed by atoms with van der Waals surface area (Å²) in [5.74, 6) is 2.30. The highest BCUT2D eigenvalue weighted by molar-refractivity contribution is 7.89. The monoisotopic (exact) mass is 408 g/mol. The molecule has 8 heteroatoms. The highest BCUT2D eigenvalue weighted by Crippen LogP contribution is 2.49. The lowest BCUT2D eigenvalue weighted by Crippen LogP contribution is -2.47. The Hall–Kier alpha value is -1.41. The number of hydrogen-bond acceptors (Lipinski definition) is 4. The minimum absolute atomic E-state index is 0.0918. The van der Waals surface area contributed by atoms with E-state index in [1.54, 1.807) is 10.9 Å². The van der Waals surface area contributed by atoms with Gasteiger partial charge < -0.3 is 5.32 Å². The van der Waals surface area contributed by atoms with Crippen molar-refractivity contribution in [2.45, 2.75) is 69.9 Å². The fraction of sp³-hybridized carbons (Fsp3) is 0.800. The molecule has 0 radical (unpaired) electrons. The average molecular weight is 409 g/mol. The average Bonchev–Trinajstić information content (AvgIpc) is 3.44. The van der Waals surface area contributed by atoms with Crippen LogP contribution in [0.1, 0.15) is 52.4 Å². The first-order valence-electron chi connectivity index (χ1n) is 10.7. The van der Waals surface area contributed by atoms with Crippen molar-refractivity contribution in [3.05, 3.63) is 12.4 Å². The zero-order valence-corrected chi connectivity index (χ0v) is 17.7. The van der Waals surface area contributed by atoms with E-state index in [2.05, 4.69) is 17.3 Å². The van der Waals surface area contributed by atoms with Gasteiger partial charge in [-0.2, -0.15) is 9.40 Å². The van der Waals surface area contributed by atoms with Crippen LogP contribution in [-0.2, 0) is 21.4 Å². The molecule has 7 nitrogen and oxygen atoms in total. The van der Waals surface area contributed by atoms with Gasteiger partial charge in [-0.15, -0.1) is 0 Å². The van der Waals surface area contributed by atoms with Crippen LogP contribution in [0.4, 0.5) is 0 Å². The van der Waals surface area contributed by atoms with Crippen LogP contribution in [0.25, 0.3) is 0 Å². The van der Waals surface area contributed by atoms with Gasteiger partial charge in [-0.1, -0.05) is 6.42 Å². The third-order valence-electron chi connectivity index (χ3n) is 7.20. The summed E-state index contributed by atoms with van der Waals surface area (Å²) in [6.45, 7) is 5.48. The van der Waals surface area contributed by atoms with E-state index in [9.17, 15) is 13.2 Å². The second-order valence-electron chi connectivity index (χ2n) is 8.85. The van der Waals surface area contributed by atoms with Crippen LogP contribution in [0.2, 0.25) is 0 Å². The van der Waals surface area contributed by atoms with Gasteiger partial charge in [0.1, 0.15) is 4.90 Å². The summed E-state index contributed by atoms with van der Waals surface area (Å²) in [6, 6.07) is 0.226. The molecule has 1 aromatic rings. The summed E-state index contributed by atoms with van der Waals surface area (Å²) in [6.07, 6.45) is 9.43. The van der Waals surface area contributed by atoms with Gasteiger partial charge >= 0.3 is 0 Å². The molecule has 2 saturated carbocycles. The smallest absolute Gasteiger partial charge is 0.246 e. The minimum Gasteiger partial charge on any atom is -0.353 e. The lowest BCUT2D eigenvalue weighted by atomic mass is 9.83. The molecular weight excluding hydrogens is 376 g/mol. The van der Waals surface area contributed by atoms with Crippen molar-refractivity contribution in [3.63, 3.8) is 0 Å². The molecule has 0 spiro atoms. The molecule has 4 atom stereocenters. The summed E-state index contributed by atoms with van der Waals surface area (Å²) < 4.78 is 28.7. The third kappa shape index (κ3) is 3.73. The molecule has 0 unspecified atom stereocenters. The Labute approximate surface area is 167 Å². The van der Waals surface area contributed by atoms with Crippen molar-refractivity contribution in [2.75, 3.05) is 13.1 Å². The molecule has 1 N–H and O–H groups in total. The Morgan fingerprint density at radius 1 is 1.25 bits per heavy atom. The fourth-order valence-electron chi connectivity index (χ4n) is 5.51. The van der Waals surface area contributed by atoms with Gasteiger partial charge in [-0.3, -0.25) is 9.48 Å². The first kappa shape index (κ1) is 19.9. The molecule has 0 aromatic carbocycles. The molecule has 2 heterocycles. The van der Waals surface area contributed by atoms with Crippen LogP contribution in [0, 0.1) is 23.7 Å². The summed E-state index contributed by atoms with van der Waals surface area (Å²) in [5.41, 5.74) is 0. The van der Waals surface area contributed by atoms with Crippen LogP contribution in [0.5, 0.6) is 0 Å². The summed E-state index contributed by atoms with van der Waals surface area (Å²) in [4.78, 5) is 13.0. The van der Waals surface area contributed by atoms with Gasteiger partial charge in [0, 0.05) is 37.8 Å². The number of aryl methyl sites for hydroxylation is 1. The van der Waals surface area contributed by atoms with Gasteiger partial charge in [0.2, 0.25) is 15.9 Å². The number of nitrogens with one attached hydrogen (secondary N) is 1. The molecule has 2 bridgehead atoms. The van der Waals surface area contributed by atoms with Crippen LogP contribution < -0.4 is 5.32 Å². The topological polar surface area (TPSA) is 84.3 Å². The summed E-state index contributed by atoms with van der Waals surface area (Å²) in [7, 11) is -3.52. The molecular formula is C20H32N4O3S. The second kappa shape index (κ2) is 7.78. The van der Waals surface area contributed by atoms with E-state index in [1.165, 1.54) is 36.2 Å². The minimum atomic E-state index is -3.52. The first-order valence-corrected chi connectivity index (χ1v) is 12.2. The number of fused-ring (bicyclic) bond motifs is 2. The van der Waals surface area contributed by atoms with Crippen LogP contribution in [0.3, 0.4) is 0 Å². The SMILES string of the molecule is CCn1cc(S(=O)(=O)N2CCC(C(=O)N[C@H](C)[C@@H]3C[C@H]4CC[C@H]3C4)CC2)cn1. The van der Waals surface area contributed by atoms with E-state index >= 15 is 0 Å². The molecule has 28 heavy (non-hydrogen) atoms. The molecule has 1 saturated heterocycles. The van der Waals surface area contributed by atoms with Crippen molar-refractivity contribution in [1.82, 2.24) is 19.4 Å².